The molecule has 1 amide bonds. The van der Waals surface area contributed by atoms with Crippen LogP contribution in [0.3, 0.4) is 0 Å². The number of ether oxygens (including phenoxy) is 1. The third-order valence-electron chi connectivity index (χ3n) is 2.48. The van der Waals surface area contributed by atoms with Gasteiger partial charge in [-0.25, -0.2) is 4.79 Å². The molecule has 0 aromatic carbocycles. The highest BCUT2D eigenvalue weighted by atomic mass is 16.5. The smallest absolute Gasteiger partial charge is 0.406 e. The maximum Gasteiger partial charge on any atom is 0.406 e. The predicted octanol–water partition coefficient (Wildman–Crippen LogP) is 1.78. The topological polar surface area (TPSA) is 38.3 Å². The lowest BCUT2D eigenvalue weighted by Crippen LogP contribution is -2.29. The van der Waals surface area contributed by atoms with E-state index >= 15 is 0 Å². The Balaban J connectivity index is 1.93. The summed E-state index contributed by atoms with van der Waals surface area (Å²) in [6, 6.07) is 0. The average Bonchev–Trinajstić information content (AvgIpc) is 2.01. The van der Waals surface area contributed by atoms with Crippen molar-refractivity contribution in [2.24, 2.45) is 11.8 Å². The van der Waals surface area contributed by atoms with Crippen molar-refractivity contribution in [1.29, 1.82) is 0 Å². The molecule has 0 saturated heterocycles. The fraction of sp³-hybridized carbons (Fsp3) is 0.889. The van der Waals surface area contributed by atoms with Crippen LogP contribution in [0.2, 0.25) is 0 Å². The molecule has 0 heterocycles. The van der Waals surface area contributed by atoms with Crippen LogP contribution in [0.25, 0.3) is 0 Å². The lowest BCUT2D eigenvalue weighted by atomic mass is 9.74. The van der Waals surface area contributed by atoms with E-state index in [4.69, 9.17) is 0 Å². The van der Waals surface area contributed by atoms with Gasteiger partial charge in [0, 0.05) is 6.54 Å². The van der Waals surface area contributed by atoms with Gasteiger partial charge in [0.15, 0.2) is 0 Å². The van der Waals surface area contributed by atoms with Gasteiger partial charge in [-0.3, -0.25) is 0 Å². The number of rotatable bonds is 3. The maximum atomic E-state index is 10.6. The van der Waals surface area contributed by atoms with Gasteiger partial charge < -0.3 is 10.1 Å². The lowest BCUT2D eigenvalue weighted by molar-refractivity contribution is 0.164. The van der Waals surface area contributed by atoms with Crippen molar-refractivity contribution in [3.05, 3.63) is 0 Å². The van der Waals surface area contributed by atoms with E-state index < -0.39 is 0 Å². The molecule has 0 aromatic heterocycles. The number of methoxy groups -OCH3 is 1. The quantitative estimate of drug-likeness (QED) is 0.703. The summed E-state index contributed by atoms with van der Waals surface area (Å²) in [5.74, 6) is 1.73. The van der Waals surface area contributed by atoms with Crippen LogP contribution in [-0.4, -0.2) is 19.7 Å². The van der Waals surface area contributed by atoms with Gasteiger partial charge in [-0.05, 0) is 31.1 Å². The van der Waals surface area contributed by atoms with Gasteiger partial charge in [0.2, 0.25) is 0 Å². The Morgan fingerprint density at radius 1 is 1.58 bits per heavy atom. The number of nitrogens with one attached hydrogen (secondary N) is 1. The van der Waals surface area contributed by atoms with E-state index in [9.17, 15) is 4.79 Å². The summed E-state index contributed by atoms with van der Waals surface area (Å²) in [5.41, 5.74) is 0. The van der Waals surface area contributed by atoms with E-state index in [1.807, 2.05) is 0 Å². The molecule has 1 rings (SSSR count). The summed E-state index contributed by atoms with van der Waals surface area (Å²) in [7, 11) is 1.39. The van der Waals surface area contributed by atoms with Crippen LogP contribution in [-0.2, 0) is 4.74 Å². The minimum atomic E-state index is -0.317. The molecule has 3 heteroatoms. The van der Waals surface area contributed by atoms with Gasteiger partial charge in [-0.1, -0.05) is 6.92 Å². The Morgan fingerprint density at radius 2 is 2.25 bits per heavy atom. The number of carbonyl (C=O) groups is 1. The molecule has 70 valence electrons. The van der Waals surface area contributed by atoms with Crippen molar-refractivity contribution >= 4 is 6.09 Å². The second-order valence-corrected chi connectivity index (χ2v) is 3.65. The number of alkyl carbamates (subject to hydrolysis) is 1. The van der Waals surface area contributed by atoms with Gasteiger partial charge in [-0.15, -0.1) is 0 Å². The normalized spacial score (nSPS) is 27.5. The van der Waals surface area contributed by atoms with Crippen molar-refractivity contribution in [3.63, 3.8) is 0 Å². The first kappa shape index (κ1) is 9.36. The Bertz CT molecular complexity index is 153. The number of hydrogen-bond donors (Lipinski definition) is 1. The molecule has 1 N–H and O–H groups in total. The second-order valence-electron chi connectivity index (χ2n) is 3.65. The Kier molecular flexibility index (Phi) is 3.38. The first-order valence-corrected chi connectivity index (χ1v) is 4.54. The Morgan fingerprint density at radius 3 is 2.75 bits per heavy atom. The fourth-order valence-electron chi connectivity index (χ4n) is 1.76. The molecule has 1 saturated carbocycles. The van der Waals surface area contributed by atoms with Crippen LogP contribution in [0.5, 0.6) is 0 Å². The molecule has 12 heavy (non-hydrogen) atoms. The van der Waals surface area contributed by atoms with Crippen LogP contribution in [0.1, 0.15) is 26.2 Å². The van der Waals surface area contributed by atoms with Crippen LogP contribution in [0.15, 0.2) is 0 Å². The van der Waals surface area contributed by atoms with Crippen molar-refractivity contribution in [3.8, 4) is 0 Å². The van der Waals surface area contributed by atoms with E-state index in [0.29, 0.717) is 0 Å². The summed E-state index contributed by atoms with van der Waals surface area (Å²) in [4.78, 5) is 10.6. The van der Waals surface area contributed by atoms with Gasteiger partial charge in [-0.2, -0.15) is 0 Å². The highest BCUT2D eigenvalue weighted by molar-refractivity contribution is 5.66. The monoisotopic (exact) mass is 171 g/mol. The molecule has 0 radical (unpaired) electrons. The maximum absolute atomic E-state index is 10.6. The van der Waals surface area contributed by atoms with Crippen LogP contribution >= 0.6 is 0 Å². The molecular formula is C9H17NO2. The van der Waals surface area contributed by atoms with E-state index in [-0.39, 0.29) is 6.09 Å². The number of carbonyl (C=O) groups excluding carboxylic acids is 1. The van der Waals surface area contributed by atoms with Crippen LogP contribution in [0, 0.1) is 11.8 Å². The number of hydrogen-bond acceptors (Lipinski definition) is 2. The standard InChI is InChI=1S/C9H17NO2/c1-7-5-8(6-7)3-4-10-9(11)12-2/h7-8H,3-6H2,1-2H3,(H,10,11). The highest BCUT2D eigenvalue weighted by Crippen LogP contribution is 2.34. The molecule has 3 nitrogen and oxygen atoms in total. The van der Waals surface area contributed by atoms with Gasteiger partial charge in [0.1, 0.15) is 0 Å². The molecule has 1 aliphatic rings. The van der Waals surface area contributed by atoms with E-state index in [1.165, 1.54) is 20.0 Å². The Labute approximate surface area is 73.5 Å². The minimum absolute atomic E-state index is 0.317. The van der Waals surface area contributed by atoms with E-state index in [1.54, 1.807) is 0 Å². The van der Waals surface area contributed by atoms with Gasteiger partial charge in [0.25, 0.3) is 0 Å². The average molecular weight is 171 g/mol. The summed E-state index contributed by atoms with van der Waals surface area (Å²) in [5, 5.41) is 2.69. The van der Waals surface area contributed by atoms with Crippen LogP contribution in [0.4, 0.5) is 4.79 Å². The molecule has 0 aliphatic heterocycles. The SMILES string of the molecule is COC(=O)NCCC1CC(C)C1. The zero-order valence-electron chi connectivity index (χ0n) is 7.80. The third-order valence-corrected chi connectivity index (χ3v) is 2.48. The molecule has 0 spiro atoms. The van der Waals surface area contributed by atoms with Crippen molar-refractivity contribution in [1.82, 2.24) is 5.32 Å². The molecular weight excluding hydrogens is 154 g/mol. The minimum Gasteiger partial charge on any atom is -0.453 e. The summed E-state index contributed by atoms with van der Waals surface area (Å²) in [6.45, 7) is 3.02. The highest BCUT2D eigenvalue weighted by Gasteiger charge is 2.24. The molecule has 0 bridgehead atoms. The zero-order valence-corrected chi connectivity index (χ0v) is 7.80. The van der Waals surface area contributed by atoms with E-state index in [2.05, 4.69) is 17.0 Å². The van der Waals surface area contributed by atoms with Gasteiger partial charge >= 0.3 is 6.09 Å². The fourth-order valence-corrected chi connectivity index (χ4v) is 1.76. The summed E-state index contributed by atoms with van der Waals surface area (Å²) >= 11 is 0. The zero-order chi connectivity index (χ0) is 8.97. The Hall–Kier alpha value is -0.730. The van der Waals surface area contributed by atoms with Crippen LogP contribution < -0.4 is 5.32 Å². The lowest BCUT2D eigenvalue weighted by Gasteiger charge is -2.32. The predicted molar refractivity (Wildman–Crippen MR) is 46.9 cm³/mol. The summed E-state index contributed by atoms with van der Waals surface area (Å²) in [6.07, 6.45) is 3.42. The first-order chi connectivity index (χ1) is 5.72. The van der Waals surface area contributed by atoms with Gasteiger partial charge in [0.05, 0.1) is 7.11 Å². The van der Waals surface area contributed by atoms with Crippen molar-refractivity contribution in [2.45, 2.75) is 26.2 Å². The largest absolute Gasteiger partial charge is 0.453 e. The van der Waals surface area contributed by atoms with E-state index in [0.717, 1.165) is 24.8 Å². The molecule has 1 fully saturated rings. The molecule has 0 aromatic rings. The van der Waals surface area contributed by atoms with Crippen molar-refractivity contribution < 1.29 is 9.53 Å². The molecule has 1 aliphatic carbocycles. The molecule has 0 unspecified atom stereocenters. The summed E-state index contributed by atoms with van der Waals surface area (Å²) < 4.78 is 4.45. The second kappa shape index (κ2) is 4.33. The van der Waals surface area contributed by atoms with Crippen molar-refractivity contribution in [2.75, 3.05) is 13.7 Å². The molecule has 0 atom stereocenters. The number of amides is 1. The third kappa shape index (κ3) is 2.72. The first-order valence-electron chi connectivity index (χ1n) is 4.54.